The van der Waals surface area contributed by atoms with Gasteiger partial charge >= 0.3 is 0 Å². The Morgan fingerprint density at radius 1 is 0.336 bits per heavy atom. The third-order valence-corrected chi connectivity index (χ3v) is 21.6. The van der Waals surface area contributed by atoms with Crippen molar-refractivity contribution in [3.8, 4) is 78.5 Å². The van der Waals surface area contributed by atoms with E-state index in [1.54, 1.807) is 0 Å². The maximum atomic E-state index is 11.9. The minimum atomic E-state index is -1.71. The Morgan fingerprint density at radius 3 is 1.07 bits per heavy atom. The highest BCUT2D eigenvalue weighted by Crippen LogP contribution is 2.57. The number of fused-ring (bicyclic) bond motifs is 12. The molecule has 3 aliphatic rings. The number of nitrogens with zero attached hydrogens (tertiary/aromatic N) is 4. The van der Waals surface area contributed by atoms with E-state index in [1.165, 1.54) is 0 Å². The second kappa shape index (κ2) is 24.2. The summed E-state index contributed by atoms with van der Waals surface area (Å²) in [5, 5.41) is -1.46. The van der Waals surface area contributed by atoms with Crippen LogP contribution < -0.4 is 30.9 Å². The standard InChI is InChI=1S/C101H79BN4O/c1-99(2,3)70-58-78(64-31-13-9-14-32-64)97(79(59-70)65-33-15-10-16-34-65)105-90-62-72(103-86-44-26-21-39-74(86)75-40-22-27-45-87(75)103)50-52-84(90)102-85-53-51-73(104-88-46-28-23-41-76(88)77-42-24-29-47-89(77)104)63-91(85)106(98-80(66-35-17-11-18-36-66)60-71(100(4,5)6)61-81(98)67-37-19-12-20-38-67)93-57-69(56-92(105)96(93)102)68-49-54-95-83(55-68)101(7,8)82-43-25-30-48-94(82)107-95/h9-63H,1-8H3/i21D,22D,23D,24D,26D,27D,28D,29D,39D,40D,41D,42D,44D,45D,46D,47D,50D,51D,52D,53D,62D,63D. The molecule has 0 spiro atoms. The van der Waals surface area contributed by atoms with Gasteiger partial charge in [0.25, 0.3) is 6.71 Å². The van der Waals surface area contributed by atoms with E-state index >= 15 is 0 Å². The Kier molecular flexibility index (Phi) is 10.2. The first-order valence-electron chi connectivity index (χ1n) is 46.9. The Morgan fingerprint density at radius 2 is 0.692 bits per heavy atom. The molecule has 0 saturated heterocycles. The van der Waals surface area contributed by atoms with Crippen LogP contribution in [0.3, 0.4) is 0 Å². The predicted molar refractivity (Wildman–Crippen MR) is 452 cm³/mol. The normalized spacial score (nSPS) is 16.4. The molecular weight excluding hydrogens is 1300 g/mol. The smallest absolute Gasteiger partial charge is 0.252 e. The largest absolute Gasteiger partial charge is 0.457 e. The zero-order valence-corrected chi connectivity index (χ0v) is 59.8. The lowest BCUT2D eigenvalue weighted by molar-refractivity contribution is 0.418. The molecule has 15 aromatic carbocycles. The summed E-state index contributed by atoms with van der Waals surface area (Å²) in [6, 6.07) is 48.3. The van der Waals surface area contributed by atoms with Crippen molar-refractivity contribution >= 4 is 101 Å². The lowest BCUT2D eigenvalue weighted by Gasteiger charge is -2.46. The molecule has 6 heteroatoms. The molecule has 0 bridgehead atoms. The summed E-state index contributed by atoms with van der Waals surface area (Å²) in [6.45, 7) is 15.1. The third kappa shape index (κ3) is 10.1. The van der Waals surface area contributed by atoms with Crippen molar-refractivity contribution in [3.05, 3.63) is 355 Å². The molecule has 0 saturated carbocycles. The second-order valence-corrected chi connectivity index (χ2v) is 30.3. The summed E-state index contributed by atoms with van der Waals surface area (Å²) in [5.41, 5.74) is 5.28. The number of benzene rings is 15. The molecule has 107 heavy (non-hydrogen) atoms. The van der Waals surface area contributed by atoms with Gasteiger partial charge in [-0.15, -0.1) is 0 Å². The van der Waals surface area contributed by atoms with Crippen LogP contribution in [0.5, 0.6) is 11.5 Å². The fourth-order valence-electron chi connectivity index (χ4n) is 16.3. The Bertz CT molecular complexity index is 7180. The van der Waals surface area contributed by atoms with Crippen LogP contribution in [-0.4, -0.2) is 15.8 Å². The molecule has 5 nitrogen and oxygen atoms in total. The van der Waals surface area contributed by atoms with E-state index in [0.717, 1.165) is 31.4 Å². The van der Waals surface area contributed by atoms with Crippen molar-refractivity contribution in [2.75, 3.05) is 9.80 Å². The fraction of sp³-hybridized carbons (Fsp3) is 0.109. The Hall–Kier alpha value is -12.6. The van der Waals surface area contributed by atoms with Gasteiger partial charge in [-0.1, -0.05) is 286 Å². The van der Waals surface area contributed by atoms with Crippen LogP contribution in [0.2, 0.25) is 0 Å². The Labute approximate surface area is 657 Å². The van der Waals surface area contributed by atoms with Gasteiger partial charge in [0, 0.05) is 94.5 Å². The van der Waals surface area contributed by atoms with Crippen LogP contribution in [0.4, 0.5) is 34.1 Å². The summed E-state index contributed by atoms with van der Waals surface area (Å²) in [7, 11) is 0. The van der Waals surface area contributed by atoms with E-state index in [0.29, 0.717) is 78.5 Å². The average Bonchev–Trinajstić information content (AvgIpc) is 1.68. The maximum absolute atomic E-state index is 11.9. The highest BCUT2D eigenvalue weighted by atomic mass is 16.5. The molecular formula is C101H79BN4O. The van der Waals surface area contributed by atoms with Gasteiger partial charge in [0.15, 0.2) is 0 Å². The van der Waals surface area contributed by atoms with E-state index in [2.05, 4.69) is 85.7 Å². The second-order valence-electron chi connectivity index (χ2n) is 30.3. The van der Waals surface area contributed by atoms with Crippen molar-refractivity contribution in [2.45, 2.75) is 71.6 Å². The van der Waals surface area contributed by atoms with Gasteiger partial charge in [0.1, 0.15) is 11.5 Å². The highest BCUT2D eigenvalue weighted by molar-refractivity contribution is 7.00. The van der Waals surface area contributed by atoms with Crippen LogP contribution >= 0.6 is 0 Å². The molecule has 20 rings (SSSR count). The van der Waals surface area contributed by atoms with Crippen molar-refractivity contribution in [1.82, 2.24) is 9.13 Å². The van der Waals surface area contributed by atoms with Crippen molar-refractivity contribution in [3.63, 3.8) is 0 Å². The number of anilines is 6. The van der Waals surface area contributed by atoms with Crippen LogP contribution in [0.25, 0.3) is 111 Å². The summed E-state index contributed by atoms with van der Waals surface area (Å²) in [5.74, 6) is 1.22. The van der Waals surface area contributed by atoms with Crippen molar-refractivity contribution in [2.24, 2.45) is 0 Å². The minimum Gasteiger partial charge on any atom is -0.457 e. The molecule has 0 aliphatic carbocycles. The number of hydrogen-bond acceptors (Lipinski definition) is 3. The van der Waals surface area contributed by atoms with Crippen LogP contribution in [0.15, 0.2) is 333 Å². The third-order valence-electron chi connectivity index (χ3n) is 21.6. The predicted octanol–water partition coefficient (Wildman–Crippen LogP) is 25.3. The first kappa shape index (κ1) is 44.9. The number of aromatic nitrogens is 2. The highest BCUT2D eigenvalue weighted by Gasteiger charge is 2.47. The molecule has 17 aromatic rings. The topological polar surface area (TPSA) is 25.6 Å². The average molecular weight is 1400 g/mol. The molecule has 0 N–H and O–H groups in total. The molecule has 0 unspecified atom stereocenters. The summed E-state index contributed by atoms with van der Waals surface area (Å²) in [4.78, 5) is 3.77. The van der Waals surface area contributed by atoms with Gasteiger partial charge in [-0.3, -0.25) is 0 Å². The quantitative estimate of drug-likeness (QED) is 0.135. The zero-order chi connectivity index (χ0) is 91.3. The molecule has 2 aromatic heterocycles. The number of rotatable bonds is 9. The van der Waals surface area contributed by atoms with Gasteiger partial charge in [-0.25, -0.2) is 0 Å². The SMILES string of the molecule is [2H]c1c([2H])c(-n2c3c([2H])c([2H])c([2H])c([2H])c3c3c([2H])c([2H])c([2H])c([2H])c32)c([2H])c2c1B1c3c(cc(-c4ccc5c(c4)C(C)(C)c4ccccc4O5)cc3N(c3c(-c4ccccc4)cc(C(C)(C)C)cc3-c3ccccc3)c3c([2H])c(-n4c5c([2H])c([2H])c([2H])c([2H])c5c5c([2H])c([2H])c([2H])c([2H])c54)c([2H])c([2H])c31)N2c1c(-c2ccccc2)cc(C(C)(C)C)cc1-c1ccccc1. The van der Waals surface area contributed by atoms with E-state index in [1.807, 2.05) is 180 Å². The van der Waals surface area contributed by atoms with E-state index in [9.17, 15) is 30.2 Å². The van der Waals surface area contributed by atoms with Crippen LogP contribution in [0, 0.1) is 0 Å². The van der Waals surface area contributed by atoms with Crippen molar-refractivity contribution in [1.29, 1.82) is 0 Å². The number of para-hydroxylation sites is 5. The van der Waals surface area contributed by atoms with E-state index in [4.69, 9.17) is 4.74 Å². The van der Waals surface area contributed by atoms with Crippen LogP contribution in [-0.2, 0) is 16.2 Å². The van der Waals surface area contributed by atoms with Gasteiger partial charge in [-0.2, -0.15) is 0 Å². The zero-order valence-electron chi connectivity index (χ0n) is 81.8. The van der Waals surface area contributed by atoms with Gasteiger partial charge < -0.3 is 23.7 Å². The lowest BCUT2D eigenvalue weighted by Crippen LogP contribution is -2.61. The molecule has 5 heterocycles. The molecule has 0 amide bonds. The lowest BCUT2D eigenvalue weighted by atomic mass is 9.33. The number of ether oxygens (including phenoxy) is 1. The van der Waals surface area contributed by atoms with Gasteiger partial charge in [0.2, 0.25) is 0 Å². The molecule has 3 aliphatic heterocycles. The van der Waals surface area contributed by atoms with Crippen LogP contribution in [0.1, 0.15) is 108 Å². The number of hydrogen-bond donors (Lipinski definition) is 0. The monoisotopic (exact) mass is 1400 g/mol. The summed E-state index contributed by atoms with van der Waals surface area (Å²) < 4.78 is 231. The minimum absolute atomic E-state index is 0.181. The first-order chi connectivity index (χ1) is 61.3. The first-order valence-corrected chi connectivity index (χ1v) is 35.9. The van der Waals surface area contributed by atoms with Gasteiger partial charge in [-0.05, 0) is 175 Å². The molecule has 0 fully saturated rings. The molecule has 0 radical (unpaired) electrons. The maximum Gasteiger partial charge on any atom is 0.252 e. The summed E-state index contributed by atoms with van der Waals surface area (Å²) in [6.07, 6.45) is 0. The van der Waals surface area contributed by atoms with E-state index < -0.39 is 189 Å². The molecule has 0 atom stereocenters. The van der Waals surface area contributed by atoms with Crippen molar-refractivity contribution < 1.29 is 34.9 Å². The van der Waals surface area contributed by atoms with E-state index in [-0.39, 0.29) is 60.7 Å². The fourth-order valence-corrected chi connectivity index (χ4v) is 16.3. The summed E-state index contributed by atoms with van der Waals surface area (Å²) >= 11 is 0. The Balaban J connectivity index is 1.08. The van der Waals surface area contributed by atoms with Gasteiger partial charge in [0.05, 0.1) is 63.6 Å². The molecule has 512 valence electrons.